The summed E-state index contributed by atoms with van der Waals surface area (Å²) >= 11 is 6.33. The van der Waals surface area contributed by atoms with E-state index < -0.39 is 0 Å². The highest BCUT2D eigenvalue weighted by molar-refractivity contribution is 6.20. The van der Waals surface area contributed by atoms with E-state index in [1.807, 2.05) is 19.1 Å². The van der Waals surface area contributed by atoms with Crippen LogP contribution in [0.25, 0.3) is 11.0 Å². The van der Waals surface area contributed by atoms with E-state index in [1.54, 1.807) is 14.2 Å². The summed E-state index contributed by atoms with van der Waals surface area (Å²) in [6, 6.07) is 4.17. The molecule has 1 aromatic heterocycles. The molecule has 2 unspecified atom stereocenters. The lowest BCUT2D eigenvalue weighted by atomic mass is 10.1. The summed E-state index contributed by atoms with van der Waals surface area (Å²) in [6.07, 6.45) is 0. The summed E-state index contributed by atoms with van der Waals surface area (Å²) < 4.78 is 13.0. The Hall–Kier alpha value is -1.42. The van der Waals surface area contributed by atoms with Gasteiger partial charge in [0.25, 0.3) is 0 Å². The van der Waals surface area contributed by atoms with E-state index in [2.05, 4.69) is 25.3 Å². The van der Waals surface area contributed by atoms with E-state index in [0.29, 0.717) is 23.5 Å². The van der Waals surface area contributed by atoms with E-state index in [9.17, 15) is 0 Å². The average molecular weight is 311 g/mol. The zero-order valence-corrected chi connectivity index (χ0v) is 14.2. The van der Waals surface area contributed by atoms with Crippen LogP contribution in [0, 0.1) is 5.92 Å². The van der Waals surface area contributed by atoms with Crippen molar-refractivity contribution in [3.8, 4) is 11.5 Å². The van der Waals surface area contributed by atoms with E-state index in [1.165, 1.54) is 0 Å². The summed E-state index contributed by atoms with van der Waals surface area (Å²) in [5.41, 5.74) is 1.90. The fraction of sp³-hybridized carbons (Fsp3) is 0.562. The number of fused-ring (bicyclic) bond motifs is 1. The molecule has 0 aliphatic rings. The minimum Gasteiger partial charge on any atom is -0.493 e. The van der Waals surface area contributed by atoms with Gasteiger partial charge in [-0.25, -0.2) is 4.98 Å². The standard InChI is InChI=1S/C16H23ClN2O2/c1-9(2)11(4)19-13-8-15(21-6)14(20-5)7-12(13)18-16(19)10(3)17/h7-11H,1-6H3. The van der Waals surface area contributed by atoms with Gasteiger partial charge in [0.2, 0.25) is 0 Å². The van der Waals surface area contributed by atoms with Crippen molar-refractivity contribution >= 4 is 22.6 Å². The molecule has 2 atom stereocenters. The minimum absolute atomic E-state index is 0.157. The molecular weight excluding hydrogens is 288 g/mol. The Morgan fingerprint density at radius 3 is 2.10 bits per heavy atom. The molecule has 116 valence electrons. The Kier molecular flexibility index (Phi) is 4.67. The van der Waals surface area contributed by atoms with Gasteiger partial charge in [-0.2, -0.15) is 0 Å². The van der Waals surface area contributed by atoms with Crippen molar-refractivity contribution in [3.05, 3.63) is 18.0 Å². The van der Waals surface area contributed by atoms with E-state index >= 15 is 0 Å². The van der Waals surface area contributed by atoms with Crippen molar-refractivity contribution in [1.29, 1.82) is 0 Å². The number of imidazole rings is 1. The summed E-state index contributed by atoms with van der Waals surface area (Å²) in [6.45, 7) is 8.52. The van der Waals surface area contributed by atoms with Crippen LogP contribution in [0.15, 0.2) is 12.1 Å². The molecule has 0 saturated carbocycles. The smallest absolute Gasteiger partial charge is 0.163 e. The van der Waals surface area contributed by atoms with Crippen LogP contribution in [0.1, 0.15) is 44.9 Å². The zero-order chi connectivity index (χ0) is 15.7. The molecule has 5 heteroatoms. The number of benzene rings is 1. The molecule has 0 aliphatic carbocycles. The number of aromatic nitrogens is 2. The highest BCUT2D eigenvalue weighted by Crippen LogP contribution is 2.37. The number of hydrogen-bond donors (Lipinski definition) is 0. The number of alkyl halides is 1. The Bertz CT molecular complexity index is 635. The van der Waals surface area contributed by atoms with Crippen LogP contribution in [0.3, 0.4) is 0 Å². The maximum absolute atomic E-state index is 6.33. The monoisotopic (exact) mass is 310 g/mol. The quantitative estimate of drug-likeness (QED) is 0.759. The molecule has 2 rings (SSSR count). The molecule has 2 aromatic rings. The van der Waals surface area contributed by atoms with Gasteiger partial charge in [0.15, 0.2) is 11.5 Å². The molecule has 0 fully saturated rings. The van der Waals surface area contributed by atoms with Crippen LogP contribution >= 0.6 is 11.6 Å². The fourth-order valence-corrected chi connectivity index (χ4v) is 2.60. The maximum Gasteiger partial charge on any atom is 0.163 e. The van der Waals surface area contributed by atoms with Crippen LogP contribution < -0.4 is 9.47 Å². The predicted molar refractivity (Wildman–Crippen MR) is 86.7 cm³/mol. The molecule has 0 spiro atoms. The summed E-state index contributed by atoms with van der Waals surface area (Å²) in [4.78, 5) is 4.70. The first-order valence-corrected chi connectivity index (χ1v) is 7.62. The second-order valence-electron chi connectivity index (χ2n) is 5.64. The second-order valence-corrected chi connectivity index (χ2v) is 6.29. The SMILES string of the molecule is COc1cc2nc(C(C)Cl)n(C(C)C(C)C)c2cc1OC. The number of nitrogens with zero attached hydrogens (tertiary/aromatic N) is 2. The predicted octanol–water partition coefficient (Wildman–Crippen LogP) is 4.57. The maximum atomic E-state index is 6.33. The topological polar surface area (TPSA) is 36.3 Å². The van der Waals surface area contributed by atoms with Crippen molar-refractivity contribution < 1.29 is 9.47 Å². The van der Waals surface area contributed by atoms with Crippen LogP contribution in [0.2, 0.25) is 0 Å². The number of halogens is 1. The Morgan fingerprint density at radius 1 is 1.05 bits per heavy atom. The Labute approximate surface area is 131 Å². The number of ether oxygens (including phenoxy) is 2. The van der Waals surface area contributed by atoms with Gasteiger partial charge >= 0.3 is 0 Å². The Morgan fingerprint density at radius 2 is 1.62 bits per heavy atom. The summed E-state index contributed by atoms with van der Waals surface area (Å²) in [7, 11) is 3.27. The van der Waals surface area contributed by atoms with Crippen molar-refractivity contribution in [2.45, 2.75) is 39.1 Å². The average Bonchev–Trinajstić information content (AvgIpc) is 2.82. The third kappa shape index (κ3) is 2.82. The first kappa shape index (κ1) is 16.0. The number of rotatable bonds is 5. The summed E-state index contributed by atoms with van der Waals surface area (Å²) in [5, 5.41) is -0.157. The molecule has 0 amide bonds. The van der Waals surface area contributed by atoms with Gasteiger partial charge in [0.05, 0.1) is 30.6 Å². The van der Waals surface area contributed by atoms with Crippen LogP contribution in [0.4, 0.5) is 0 Å². The third-order valence-corrected chi connectivity index (χ3v) is 4.15. The van der Waals surface area contributed by atoms with Crippen LogP contribution in [0.5, 0.6) is 11.5 Å². The van der Waals surface area contributed by atoms with E-state index in [4.69, 9.17) is 26.1 Å². The normalized spacial score (nSPS) is 14.5. The first-order chi connectivity index (χ1) is 9.90. The van der Waals surface area contributed by atoms with Crippen LogP contribution in [-0.4, -0.2) is 23.8 Å². The lowest BCUT2D eigenvalue weighted by Gasteiger charge is -2.22. The van der Waals surface area contributed by atoms with Gasteiger partial charge in [0.1, 0.15) is 5.82 Å². The van der Waals surface area contributed by atoms with Crippen LogP contribution in [-0.2, 0) is 0 Å². The highest BCUT2D eigenvalue weighted by Gasteiger charge is 2.22. The molecule has 0 saturated heterocycles. The molecule has 0 aliphatic heterocycles. The lowest BCUT2D eigenvalue weighted by molar-refractivity contribution is 0.355. The number of hydrogen-bond acceptors (Lipinski definition) is 3. The molecule has 1 heterocycles. The third-order valence-electron chi connectivity index (χ3n) is 3.95. The molecule has 1 aromatic carbocycles. The fourth-order valence-electron chi connectivity index (χ4n) is 2.45. The van der Waals surface area contributed by atoms with Crippen molar-refractivity contribution in [3.63, 3.8) is 0 Å². The molecule has 21 heavy (non-hydrogen) atoms. The first-order valence-electron chi connectivity index (χ1n) is 7.18. The second kappa shape index (κ2) is 6.14. The lowest BCUT2D eigenvalue weighted by Crippen LogP contribution is -2.15. The molecule has 0 N–H and O–H groups in total. The van der Waals surface area contributed by atoms with E-state index in [0.717, 1.165) is 16.9 Å². The molecule has 4 nitrogen and oxygen atoms in total. The largest absolute Gasteiger partial charge is 0.493 e. The van der Waals surface area contributed by atoms with Gasteiger partial charge in [-0.05, 0) is 19.8 Å². The van der Waals surface area contributed by atoms with Crippen molar-refractivity contribution in [2.75, 3.05) is 14.2 Å². The molecule has 0 bridgehead atoms. The van der Waals surface area contributed by atoms with Crippen molar-refractivity contribution in [1.82, 2.24) is 9.55 Å². The Balaban J connectivity index is 2.76. The van der Waals surface area contributed by atoms with Gasteiger partial charge in [0, 0.05) is 18.2 Å². The molecular formula is C16H23ClN2O2. The zero-order valence-electron chi connectivity index (χ0n) is 13.5. The number of methoxy groups -OCH3 is 2. The minimum atomic E-state index is -0.157. The van der Waals surface area contributed by atoms with Gasteiger partial charge in [-0.15, -0.1) is 11.6 Å². The highest BCUT2D eigenvalue weighted by atomic mass is 35.5. The van der Waals surface area contributed by atoms with Gasteiger partial charge in [-0.3, -0.25) is 0 Å². The van der Waals surface area contributed by atoms with Crippen molar-refractivity contribution in [2.24, 2.45) is 5.92 Å². The van der Waals surface area contributed by atoms with Gasteiger partial charge in [-0.1, -0.05) is 13.8 Å². The summed E-state index contributed by atoms with van der Waals surface area (Å²) in [5.74, 6) is 2.74. The van der Waals surface area contributed by atoms with Gasteiger partial charge < -0.3 is 14.0 Å². The molecule has 0 radical (unpaired) electrons. The van der Waals surface area contributed by atoms with E-state index in [-0.39, 0.29) is 5.38 Å².